The summed E-state index contributed by atoms with van der Waals surface area (Å²) in [4.78, 5) is 0. The average molecular weight is 208 g/mol. The normalized spacial score (nSPS) is 12.9. The molecule has 0 aliphatic rings. The Balaban J connectivity index is 3.31. The molecule has 0 aliphatic heterocycles. The molecule has 0 radical (unpaired) electrons. The molecule has 15 heavy (non-hydrogen) atoms. The van der Waals surface area contributed by atoms with Crippen LogP contribution in [-0.4, -0.2) is 12.2 Å². The molecule has 0 atom stereocenters. The molecular formula is C13H20O2. The Morgan fingerprint density at radius 3 is 1.87 bits per heavy atom. The van der Waals surface area contributed by atoms with Crippen molar-refractivity contribution in [1.29, 1.82) is 0 Å². The predicted octanol–water partition coefficient (Wildman–Crippen LogP) is 2.80. The first-order valence-electron chi connectivity index (χ1n) is 5.16. The molecule has 0 bridgehead atoms. The Morgan fingerprint density at radius 1 is 1.00 bits per heavy atom. The fraction of sp³-hybridized carbons (Fsp3) is 0.538. The fourth-order valence-corrected chi connectivity index (χ4v) is 1.65. The standard InChI is InChI=1S/C13H20O2/c1-12(2,14)10-8-6-7-9-11(10)13(3,4)15-5/h6-9,14H,1-5H3. The first-order valence-corrected chi connectivity index (χ1v) is 5.16. The molecule has 1 aromatic carbocycles. The highest BCUT2D eigenvalue weighted by Crippen LogP contribution is 2.32. The second-order valence-corrected chi connectivity index (χ2v) is 4.82. The van der Waals surface area contributed by atoms with E-state index in [1.807, 2.05) is 38.1 Å². The summed E-state index contributed by atoms with van der Waals surface area (Å²) in [5.41, 5.74) is 0.722. The maximum Gasteiger partial charge on any atom is 0.0875 e. The monoisotopic (exact) mass is 208 g/mol. The number of methoxy groups -OCH3 is 1. The van der Waals surface area contributed by atoms with E-state index < -0.39 is 5.60 Å². The van der Waals surface area contributed by atoms with Gasteiger partial charge in [-0.3, -0.25) is 0 Å². The third-order valence-electron chi connectivity index (χ3n) is 2.75. The Kier molecular flexibility index (Phi) is 3.22. The molecule has 0 saturated heterocycles. The molecule has 1 N–H and O–H groups in total. The summed E-state index contributed by atoms with van der Waals surface area (Å²) in [5, 5.41) is 10.1. The van der Waals surface area contributed by atoms with Crippen LogP contribution in [0.25, 0.3) is 0 Å². The minimum absolute atomic E-state index is 0.378. The molecule has 0 fully saturated rings. The second-order valence-electron chi connectivity index (χ2n) is 4.82. The van der Waals surface area contributed by atoms with Crippen molar-refractivity contribution in [3.8, 4) is 0 Å². The molecular weight excluding hydrogens is 188 g/mol. The lowest BCUT2D eigenvalue weighted by molar-refractivity contribution is 0.0110. The Labute approximate surface area is 91.9 Å². The van der Waals surface area contributed by atoms with Gasteiger partial charge < -0.3 is 9.84 Å². The maximum atomic E-state index is 10.1. The van der Waals surface area contributed by atoms with Crippen molar-refractivity contribution in [2.24, 2.45) is 0 Å². The van der Waals surface area contributed by atoms with Crippen LogP contribution in [0.3, 0.4) is 0 Å². The van der Waals surface area contributed by atoms with Crippen LogP contribution in [-0.2, 0) is 15.9 Å². The van der Waals surface area contributed by atoms with Crippen LogP contribution in [0.2, 0.25) is 0 Å². The van der Waals surface area contributed by atoms with Gasteiger partial charge in [0.1, 0.15) is 0 Å². The van der Waals surface area contributed by atoms with Gasteiger partial charge in [0.05, 0.1) is 11.2 Å². The lowest BCUT2D eigenvalue weighted by Gasteiger charge is -2.30. The number of rotatable bonds is 3. The van der Waals surface area contributed by atoms with E-state index in [9.17, 15) is 5.11 Å². The van der Waals surface area contributed by atoms with Crippen LogP contribution in [0.5, 0.6) is 0 Å². The molecule has 1 rings (SSSR count). The van der Waals surface area contributed by atoms with E-state index in [0.29, 0.717) is 0 Å². The van der Waals surface area contributed by atoms with Crippen molar-refractivity contribution in [1.82, 2.24) is 0 Å². The predicted molar refractivity (Wildman–Crippen MR) is 61.7 cm³/mol. The van der Waals surface area contributed by atoms with Gasteiger partial charge in [0.15, 0.2) is 0 Å². The van der Waals surface area contributed by atoms with E-state index in [1.54, 1.807) is 21.0 Å². The highest BCUT2D eigenvalue weighted by molar-refractivity contribution is 5.35. The highest BCUT2D eigenvalue weighted by atomic mass is 16.5. The molecule has 1 aromatic rings. The number of benzene rings is 1. The van der Waals surface area contributed by atoms with E-state index in [2.05, 4.69) is 0 Å². The average Bonchev–Trinajstić information content (AvgIpc) is 2.16. The summed E-state index contributed by atoms with van der Waals surface area (Å²) in [6, 6.07) is 7.83. The lowest BCUT2D eigenvalue weighted by atomic mass is 9.85. The Bertz CT molecular complexity index is 335. The molecule has 2 heteroatoms. The summed E-state index contributed by atoms with van der Waals surface area (Å²) in [5.74, 6) is 0. The van der Waals surface area contributed by atoms with E-state index in [4.69, 9.17) is 4.74 Å². The van der Waals surface area contributed by atoms with Gasteiger partial charge in [-0.1, -0.05) is 24.3 Å². The third-order valence-corrected chi connectivity index (χ3v) is 2.75. The molecule has 0 saturated carbocycles. The molecule has 0 spiro atoms. The lowest BCUT2D eigenvalue weighted by Crippen LogP contribution is -2.27. The summed E-state index contributed by atoms with van der Waals surface area (Å²) >= 11 is 0. The van der Waals surface area contributed by atoms with Gasteiger partial charge in [-0.25, -0.2) is 0 Å². The van der Waals surface area contributed by atoms with Gasteiger partial charge in [-0.05, 0) is 38.8 Å². The highest BCUT2D eigenvalue weighted by Gasteiger charge is 2.28. The third kappa shape index (κ3) is 2.58. The quantitative estimate of drug-likeness (QED) is 0.827. The molecule has 2 nitrogen and oxygen atoms in total. The molecule has 0 heterocycles. The van der Waals surface area contributed by atoms with Crippen molar-refractivity contribution in [2.45, 2.75) is 38.9 Å². The summed E-state index contributed by atoms with van der Waals surface area (Å²) in [7, 11) is 1.68. The second kappa shape index (κ2) is 3.95. The summed E-state index contributed by atoms with van der Waals surface area (Å²) in [6.45, 7) is 7.57. The van der Waals surface area contributed by atoms with Crippen LogP contribution in [0.4, 0.5) is 0 Å². The number of hydrogen-bond acceptors (Lipinski definition) is 2. The molecule has 0 aromatic heterocycles. The van der Waals surface area contributed by atoms with Crippen molar-refractivity contribution >= 4 is 0 Å². The van der Waals surface area contributed by atoms with E-state index in [-0.39, 0.29) is 5.60 Å². The number of hydrogen-bond donors (Lipinski definition) is 1. The maximum absolute atomic E-state index is 10.1. The van der Waals surface area contributed by atoms with Crippen molar-refractivity contribution in [3.05, 3.63) is 35.4 Å². The van der Waals surface area contributed by atoms with Crippen LogP contribution >= 0.6 is 0 Å². The SMILES string of the molecule is COC(C)(C)c1ccccc1C(C)(C)O. The van der Waals surface area contributed by atoms with E-state index >= 15 is 0 Å². The van der Waals surface area contributed by atoms with Crippen molar-refractivity contribution in [3.63, 3.8) is 0 Å². The van der Waals surface area contributed by atoms with Gasteiger partial charge in [0.25, 0.3) is 0 Å². The smallest absolute Gasteiger partial charge is 0.0875 e. The molecule has 0 aliphatic carbocycles. The number of aliphatic hydroxyl groups is 1. The Morgan fingerprint density at radius 2 is 1.47 bits per heavy atom. The minimum Gasteiger partial charge on any atom is -0.386 e. The zero-order chi connectivity index (χ0) is 11.7. The Hall–Kier alpha value is -0.860. The van der Waals surface area contributed by atoms with Gasteiger partial charge in [-0.15, -0.1) is 0 Å². The topological polar surface area (TPSA) is 29.5 Å². The first kappa shape index (κ1) is 12.2. The van der Waals surface area contributed by atoms with Crippen molar-refractivity contribution < 1.29 is 9.84 Å². The van der Waals surface area contributed by atoms with Crippen LogP contribution in [0.15, 0.2) is 24.3 Å². The first-order chi connectivity index (χ1) is 6.79. The zero-order valence-corrected chi connectivity index (χ0v) is 10.2. The van der Waals surface area contributed by atoms with Crippen LogP contribution in [0, 0.1) is 0 Å². The van der Waals surface area contributed by atoms with Gasteiger partial charge in [0.2, 0.25) is 0 Å². The largest absolute Gasteiger partial charge is 0.386 e. The molecule has 0 unspecified atom stereocenters. The molecule has 0 amide bonds. The van der Waals surface area contributed by atoms with Gasteiger partial charge in [-0.2, -0.15) is 0 Å². The minimum atomic E-state index is -0.841. The zero-order valence-electron chi connectivity index (χ0n) is 10.2. The summed E-state index contributed by atoms with van der Waals surface area (Å²) in [6.07, 6.45) is 0. The fourth-order valence-electron chi connectivity index (χ4n) is 1.65. The van der Waals surface area contributed by atoms with Gasteiger partial charge in [0, 0.05) is 7.11 Å². The van der Waals surface area contributed by atoms with Crippen LogP contribution < -0.4 is 0 Å². The van der Waals surface area contributed by atoms with Gasteiger partial charge >= 0.3 is 0 Å². The number of ether oxygens (including phenoxy) is 1. The van der Waals surface area contributed by atoms with E-state index in [1.165, 1.54) is 0 Å². The molecule has 84 valence electrons. The van der Waals surface area contributed by atoms with Crippen LogP contribution in [0.1, 0.15) is 38.8 Å². The van der Waals surface area contributed by atoms with E-state index in [0.717, 1.165) is 11.1 Å². The van der Waals surface area contributed by atoms with Crippen molar-refractivity contribution in [2.75, 3.05) is 7.11 Å². The summed E-state index contributed by atoms with van der Waals surface area (Å²) < 4.78 is 5.45.